The van der Waals surface area contributed by atoms with Crippen molar-refractivity contribution in [3.05, 3.63) is 66.2 Å². The van der Waals surface area contributed by atoms with E-state index in [1.54, 1.807) is 34.0 Å². The number of aromatic nitrogens is 4. The molecule has 0 aliphatic carbocycles. The van der Waals surface area contributed by atoms with Gasteiger partial charge in [0.25, 0.3) is 0 Å². The summed E-state index contributed by atoms with van der Waals surface area (Å²) < 4.78 is 15.4. The quantitative estimate of drug-likeness (QED) is 0.703. The standard InChI is InChI=1S/C19H19FN6O/c20-16-5-2-1-4-15(16)14-19(27)25-12-10-24(11-13-25)17-6-7-18(23-22-17)26-9-3-8-21-26/h1-9H,10-14H2. The number of hydrogen-bond donors (Lipinski definition) is 0. The van der Waals surface area contributed by atoms with Crippen molar-refractivity contribution >= 4 is 11.7 Å². The molecule has 2 aromatic heterocycles. The molecule has 138 valence electrons. The number of nitrogens with zero attached hydrogens (tertiary/aromatic N) is 6. The second-order valence-corrected chi connectivity index (χ2v) is 6.34. The zero-order chi connectivity index (χ0) is 18.6. The minimum Gasteiger partial charge on any atom is -0.352 e. The van der Waals surface area contributed by atoms with Gasteiger partial charge in [0.2, 0.25) is 5.91 Å². The van der Waals surface area contributed by atoms with Gasteiger partial charge in [-0.25, -0.2) is 9.07 Å². The first-order valence-electron chi connectivity index (χ1n) is 8.80. The van der Waals surface area contributed by atoms with Crippen LogP contribution in [-0.4, -0.2) is 57.0 Å². The van der Waals surface area contributed by atoms with Crippen LogP contribution in [0.1, 0.15) is 5.56 Å². The van der Waals surface area contributed by atoms with Crippen LogP contribution in [0.15, 0.2) is 54.9 Å². The van der Waals surface area contributed by atoms with Gasteiger partial charge in [0.05, 0.1) is 6.42 Å². The van der Waals surface area contributed by atoms with Crippen LogP contribution in [0.3, 0.4) is 0 Å². The van der Waals surface area contributed by atoms with Crippen LogP contribution in [0.25, 0.3) is 5.82 Å². The van der Waals surface area contributed by atoms with Crippen LogP contribution in [0.2, 0.25) is 0 Å². The lowest BCUT2D eigenvalue weighted by Crippen LogP contribution is -2.49. The molecule has 0 atom stereocenters. The van der Waals surface area contributed by atoms with Gasteiger partial charge in [-0.1, -0.05) is 18.2 Å². The first-order valence-corrected chi connectivity index (χ1v) is 8.80. The highest BCUT2D eigenvalue weighted by atomic mass is 19.1. The van der Waals surface area contributed by atoms with Gasteiger partial charge in [-0.05, 0) is 29.8 Å². The molecule has 0 radical (unpaired) electrons. The average Bonchev–Trinajstić information content (AvgIpc) is 3.25. The molecule has 4 rings (SSSR count). The number of carbonyl (C=O) groups is 1. The lowest BCUT2D eigenvalue weighted by atomic mass is 10.1. The number of carbonyl (C=O) groups excluding carboxylic acids is 1. The Kier molecular flexibility index (Phi) is 4.78. The fraction of sp³-hybridized carbons (Fsp3) is 0.263. The maximum Gasteiger partial charge on any atom is 0.227 e. The van der Waals surface area contributed by atoms with E-state index >= 15 is 0 Å². The Bertz CT molecular complexity index is 904. The molecule has 8 heteroatoms. The first kappa shape index (κ1) is 17.1. The summed E-state index contributed by atoms with van der Waals surface area (Å²) in [5.41, 5.74) is 0.435. The van der Waals surface area contributed by atoms with E-state index in [1.807, 2.05) is 24.4 Å². The summed E-state index contributed by atoms with van der Waals surface area (Å²) in [6.07, 6.45) is 3.59. The topological polar surface area (TPSA) is 67.2 Å². The molecule has 1 amide bonds. The summed E-state index contributed by atoms with van der Waals surface area (Å²) in [6, 6.07) is 12.0. The highest BCUT2D eigenvalue weighted by Crippen LogP contribution is 2.15. The molecule has 3 heterocycles. The summed E-state index contributed by atoms with van der Waals surface area (Å²) in [4.78, 5) is 16.3. The molecule has 7 nitrogen and oxygen atoms in total. The average molecular weight is 366 g/mol. The van der Waals surface area contributed by atoms with Crippen molar-refractivity contribution in [3.8, 4) is 5.82 Å². The number of hydrogen-bond acceptors (Lipinski definition) is 5. The summed E-state index contributed by atoms with van der Waals surface area (Å²) in [6.45, 7) is 2.49. The molecule has 0 N–H and O–H groups in total. The van der Waals surface area contributed by atoms with Crippen molar-refractivity contribution in [2.45, 2.75) is 6.42 Å². The summed E-state index contributed by atoms with van der Waals surface area (Å²) in [5, 5.41) is 12.6. The summed E-state index contributed by atoms with van der Waals surface area (Å²) in [5.74, 6) is 1.03. The number of piperazine rings is 1. The van der Waals surface area contributed by atoms with Crippen molar-refractivity contribution in [1.29, 1.82) is 0 Å². The van der Waals surface area contributed by atoms with E-state index in [2.05, 4.69) is 20.2 Å². The van der Waals surface area contributed by atoms with Gasteiger partial charge < -0.3 is 9.80 Å². The molecule has 1 aromatic carbocycles. The third-order valence-electron chi connectivity index (χ3n) is 4.63. The molecule has 1 aliphatic rings. The molecule has 1 saturated heterocycles. The second-order valence-electron chi connectivity index (χ2n) is 6.34. The van der Waals surface area contributed by atoms with Gasteiger partial charge in [0.15, 0.2) is 11.6 Å². The predicted octanol–water partition coefficient (Wildman–Crippen LogP) is 1.69. The molecule has 3 aromatic rings. The van der Waals surface area contributed by atoms with Crippen molar-refractivity contribution < 1.29 is 9.18 Å². The van der Waals surface area contributed by atoms with Crippen LogP contribution >= 0.6 is 0 Å². The molecular formula is C19H19FN6O. The molecule has 27 heavy (non-hydrogen) atoms. The van der Waals surface area contributed by atoms with E-state index in [0.29, 0.717) is 37.6 Å². The molecule has 0 spiro atoms. The Labute approximate surface area is 156 Å². The SMILES string of the molecule is O=C(Cc1ccccc1F)N1CCN(c2ccc(-n3cccn3)nn2)CC1. The van der Waals surface area contributed by atoms with Gasteiger partial charge >= 0.3 is 0 Å². The monoisotopic (exact) mass is 366 g/mol. The summed E-state index contributed by atoms with van der Waals surface area (Å²) in [7, 11) is 0. The van der Waals surface area contributed by atoms with Crippen LogP contribution in [-0.2, 0) is 11.2 Å². The van der Waals surface area contributed by atoms with E-state index in [4.69, 9.17) is 0 Å². The molecule has 0 unspecified atom stereocenters. The zero-order valence-corrected chi connectivity index (χ0v) is 14.7. The highest BCUT2D eigenvalue weighted by Gasteiger charge is 2.23. The zero-order valence-electron chi connectivity index (χ0n) is 14.7. The lowest BCUT2D eigenvalue weighted by Gasteiger charge is -2.35. The normalized spacial score (nSPS) is 14.4. The van der Waals surface area contributed by atoms with Gasteiger partial charge in [0, 0.05) is 38.6 Å². The molecule has 0 saturated carbocycles. The maximum absolute atomic E-state index is 13.7. The number of benzene rings is 1. The van der Waals surface area contributed by atoms with Crippen LogP contribution in [0.4, 0.5) is 10.2 Å². The van der Waals surface area contributed by atoms with Gasteiger partial charge in [0.1, 0.15) is 5.82 Å². The van der Waals surface area contributed by atoms with E-state index in [9.17, 15) is 9.18 Å². The third-order valence-corrected chi connectivity index (χ3v) is 4.63. The van der Waals surface area contributed by atoms with Crippen molar-refractivity contribution in [2.75, 3.05) is 31.1 Å². The van der Waals surface area contributed by atoms with E-state index in [1.165, 1.54) is 6.07 Å². The minimum absolute atomic E-state index is 0.0557. The highest BCUT2D eigenvalue weighted by molar-refractivity contribution is 5.79. The van der Waals surface area contributed by atoms with Crippen LogP contribution < -0.4 is 4.90 Å². The first-order chi connectivity index (χ1) is 13.2. The van der Waals surface area contributed by atoms with Gasteiger partial charge in [-0.2, -0.15) is 5.10 Å². The van der Waals surface area contributed by atoms with Gasteiger partial charge in [-0.3, -0.25) is 4.79 Å². The number of rotatable bonds is 4. The Balaban J connectivity index is 1.34. The van der Waals surface area contributed by atoms with Crippen LogP contribution in [0.5, 0.6) is 0 Å². The minimum atomic E-state index is -0.336. The van der Waals surface area contributed by atoms with Crippen LogP contribution in [0, 0.1) is 5.82 Å². The fourth-order valence-electron chi connectivity index (χ4n) is 3.11. The number of anilines is 1. The lowest BCUT2D eigenvalue weighted by molar-refractivity contribution is -0.130. The molecule has 1 fully saturated rings. The van der Waals surface area contributed by atoms with E-state index in [-0.39, 0.29) is 18.1 Å². The largest absolute Gasteiger partial charge is 0.352 e. The fourth-order valence-corrected chi connectivity index (χ4v) is 3.11. The Hall–Kier alpha value is -3.29. The van der Waals surface area contributed by atoms with E-state index in [0.717, 1.165) is 5.82 Å². The number of halogens is 1. The third kappa shape index (κ3) is 3.79. The Morgan fingerprint density at radius 3 is 2.37 bits per heavy atom. The molecular weight excluding hydrogens is 347 g/mol. The van der Waals surface area contributed by atoms with E-state index < -0.39 is 0 Å². The van der Waals surface area contributed by atoms with Crippen molar-refractivity contribution in [1.82, 2.24) is 24.9 Å². The Morgan fingerprint density at radius 2 is 1.70 bits per heavy atom. The molecule has 0 bridgehead atoms. The van der Waals surface area contributed by atoms with Crippen molar-refractivity contribution in [3.63, 3.8) is 0 Å². The second kappa shape index (κ2) is 7.53. The van der Waals surface area contributed by atoms with Gasteiger partial charge in [-0.15, -0.1) is 10.2 Å². The maximum atomic E-state index is 13.7. The Morgan fingerprint density at radius 1 is 0.963 bits per heavy atom. The van der Waals surface area contributed by atoms with Crippen molar-refractivity contribution in [2.24, 2.45) is 0 Å². The molecule has 1 aliphatic heterocycles. The smallest absolute Gasteiger partial charge is 0.227 e. The summed E-state index contributed by atoms with van der Waals surface area (Å²) >= 11 is 0. The predicted molar refractivity (Wildman–Crippen MR) is 98.1 cm³/mol. The number of amides is 1.